The molecule has 2 heterocycles. The van der Waals surface area contributed by atoms with Crippen LogP contribution in [0.1, 0.15) is 53.2 Å². The van der Waals surface area contributed by atoms with Crippen LogP contribution in [-0.2, 0) is 20.9 Å². The topological polar surface area (TPSA) is 70.2 Å². The van der Waals surface area contributed by atoms with Gasteiger partial charge in [0, 0.05) is 55.5 Å². The number of esters is 1. The Bertz CT molecular complexity index is 1510. The first-order valence-corrected chi connectivity index (χ1v) is 14.4. The fourth-order valence-corrected chi connectivity index (χ4v) is 5.89. The van der Waals surface area contributed by atoms with Crippen LogP contribution in [0.3, 0.4) is 0 Å². The second kappa shape index (κ2) is 12.6. The predicted octanol–water partition coefficient (Wildman–Crippen LogP) is 5.45. The number of rotatable bonds is 7. The molecule has 1 atom stereocenters. The van der Waals surface area contributed by atoms with Crippen molar-refractivity contribution in [3.05, 3.63) is 112 Å². The molecular weight excluding hydrogens is 533 g/mol. The van der Waals surface area contributed by atoms with E-state index in [-0.39, 0.29) is 37.2 Å². The number of nitrogens with zero attached hydrogens (tertiary/aromatic N) is 3. The quantitative estimate of drug-likeness (QED) is 0.354. The van der Waals surface area contributed by atoms with Crippen molar-refractivity contribution in [1.82, 2.24) is 9.80 Å². The Balaban J connectivity index is 1.33. The maximum atomic E-state index is 13.6. The molecule has 0 saturated carbocycles. The molecule has 218 valence electrons. The third kappa shape index (κ3) is 6.08. The number of piperazine rings is 1. The molecule has 1 fully saturated rings. The first kappa shape index (κ1) is 29.0. The average Bonchev–Trinajstić information content (AvgIpc) is 2.99. The Morgan fingerprint density at radius 2 is 1.64 bits per heavy atom. The highest BCUT2D eigenvalue weighted by Gasteiger charge is 2.37. The number of halogens is 1. The van der Waals surface area contributed by atoms with Gasteiger partial charge in [-0.1, -0.05) is 42.5 Å². The molecule has 2 aliphatic rings. The van der Waals surface area contributed by atoms with Crippen molar-refractivity contribution >= 4 is 23.5 Å². The van der Waals surface area contributed by atoms with Gasteiger partial charge in [-0.15, -0.1) is 0 Å². The number of amides is 2. The number of hydrogen-bond donors (Lipinski definition) is 0. The lowest BCUT2D eigenvalue weighted by Gasteiger charge is -2.37. The van der Waals surface area contributed by atoms with Crippen molar-refractivity contribution < 1.29 is 23.5 Å². The molecule has 3 aromatic carbocycles. The summed E-state index contributed by atoms with van der Waals surface area (Å²) in [6, 6.07) is 21.5. The molecule has 8 heteroatoms. The van der Waals surface area contributed by atoms with E-state index < -0.39 is 11.9 Å². The Labute approximate surface area is 246 Å². The second-order valence-electron chi connectivity index (χ2n) is 10.8. The van der Waals surface area contributed by atoms with Crippen LogP contribution in [0, 0.1) is 12.7 Å². The number of carbonyl (C=O) groups is 3. The van der Waals surface area contributed by atoms with Crippen molar-refractivity contribution in [2.24, 2.45) is 0 Å². The number of carbonyl (C=O) groups excluding carboxylic acids is 3. The molecule has 0 aromatic heterocycles. The second-order valence-corrected chi connectivity index (χ2v) is 10.8. The van der Waals surface area contributed by atoms with Gasteiger partial charge in [0.2, 0.25) is 5.91 Å². The molecule has 1 unspecified atom stereocenters. The summed E-state index contributed by atoms with van der Waals surface area (Å²) in [6.07, 6.45) is 0.0565. The zero-order valence-corrected chi connectivity index (χ0v) is 24.3. The van der Waals surface area contributed by atoms with Crippen LogP contribution >= 0.6 is 0 Å². The monoisotopic (exact) mass is 569 g/mol. The standard InChI is InChI=1S/C34H36FN3O4/c1-4-42-34(41)32-24(3)38(31(39)21-29(32)26-12-14-28(35)15-13-26)22-25-9-7-10-27(20-25)33(40)37-18-16-36(17-19-37)30-11-6-5-8-23(30)2/h5-15,20,29H,4,16-19,21-22H2,1-3H3. The molecule has 3 aromatic rings. The van der Waals surface area contributed by atoms with Gasteiger partial charge < -0.3 is 19.4 Å². The Morgan fingerprint density at radius 1 is 0.929 bits per heavy atom. The summed E-state index contributed by atoms with van der Waals surface area (Å²) in [5.41, 5.74) is 5.35. The molecule has 0 N–H and O–H groups in total. The number of ether oxygens (including phenoxy) is 1. The Morgan fingerprint density at radius 3 is 2.33 bits per heavy atom. The first-order valence-electron chi connectivity index (χ1n) is 14.4. The van der Waals surface area contributed by atoms with Crippen LogP contribution in [-0.4, -0.2) is 60.4 Å². The van der Waals surface area contributed by atoms with Crippen LogP contribution in [0.25, 0.3) is 0 Å². The summed E-state index contributed by atoms with van der Waals surface area (Å²) in [4.78, 5) is 45.7. The maximum absolute atomic E-state index is 13.6. The molecule has 7 nitrogen and oxygen atoms in total. The highest BCUT2D eigenvalue weighted by Crippen LogP contribution is 2.38. The SMILES string of the molecule is CCOC(=O)C1=C(C)N(Cc2cccc(C(=O)N3CCN(c4ccccc4C)CC3)c2)C(=O)CC1c1ccc(F)cc1. The molecule has 2 aliphatic heterocycles. The summed E-state index contributed by atoms with van der Waals surface area (Å²) < 4.78 is 18.9. The van der Waals surface area contributed by atoms with E-state index in [2.05, 4.69) is 24.0 Å². The van der Waals surface area contributed by atoms with E-state index in [1.54, 1.807) is 36.9 Å². The lowest BCUT2D eigenvalue weighted by atomic mass is 9.83. The van der Waals surface area contributed by atoms with Gasteiger partial charge in [-0.05, 0) is 67.8 Å². The normalized spacial score (nSPS) is 17.5. The minimum atomic E-state index is -0.528. The minimum Gasteiger partial charge on any atom is -0.463 e. The maximum Gasteiger partial charge on any atom is 0.336 e. The number of allylic oxidation sites excluding steroid dienone is 1. The fraction of sp³-hybridized carbons (Fsp3) is 0.324. The molecule has 5 rings (SSSR count). The van der Waals surface area contributed by atoms with Crippen LogP contribution in [0.4, 0.5) is 10.1 Å². The van der Waals surface area contributed by atoms with Gasteiger partial charge in [-0.3, -0.25) is 9.59 Å². The summed E-state index contributed by atoms with van der Waals surface area (Å²) in [5.74, 6) is -1.60. The highest BCUT2D eigenvalue weighted by atomic mass is 19.1. The van der Waals surface area contributed by atoms with E-state index in [4.69, 9.17) is 4.74 Å². The van der Waals surface area contributed by atoms with Crippen molar-refractivity contribution in [3.63, 3.8) is 0 Å². The number of aryl methyl sites for hydroxylation is 1. The third-order valence-corrected chi connectivity index (χ3v) is 8.13. The van der Waals surface area contributed by atoms with Gasteiger partial charge in [-0.2, -0.15) is 0 Å². The number of benzene rings is 3. The van der Waals surface area contributed by atoms with Crippen LogP contribution in [0.2, 0.25) is 0 Å². The zero-order chi connectivity index (χ0) is 29.8. The van der Waals surface area contributed by atoms with Gasteiger partial charge in [0.05, 0.1) is 18.7 Å². The fourth-order valence-electron chi connectivity index (χ4n) is 5.89. The lowest BCUT2D eigenvalue weighted by Crippen LogP contribution is -2.49. The van der Waals surface area contributed by atoms with Gasteiger partial charge >= 0.3 is 5.97 Å². The minimum absolute atomic E-state index is 0.0397. The molecular formula is C34H36FN3O4. The summed E-state index contributed by atoms with van der Waals surface area (Å²) >= 11 is 0. The number of anilines is 1. The number of para-hydroxylation sites is 1. The molecule has 42 heavy (non-hydrogen) atoms. The Hall–Kier alpha value is -4.46. The van der Waals surface area contributed by atoms with Crippen LogP contribution in [0.15, 0.2) is 84.1 Å². The summed E-state index contributed by atoms with van der Waals surface area (Å²) in [5, 5.41) is 0. The molecule has 0 spiro atoms. The van der Waals surface area contributed by atoms with Crippen molar-refractivity contribution in [1.29, 1.82) is 0 Å². The third-order valence-electron chi connectivity index (χ3n) is 8.13. The molecule has 0 radical (unpaired) electrons. The smallest absolute Gasteiger partial charge is 0.336 e. The van der Waals surface area contributed by atoms with E-state index in [1.807, 2.05) is 35.2 Å². The van der Waals surface area contributed by atoms with Crippen LogP contribution in [0.5, 0.6) is 0 Å². The highest BCUT2D eigenvalue weighted by molar-refractivity contribution is 5.96. The molecule has 2 amide bonds. The van der Waals surface area contributed by atoms with Gasteiger partial charge in [0.25, 0.3) is 5.91 Å². The van der Waals surface area contributed by atoms with Gasteiger partial charge in [0.1, 0.15) is 5.82 Å². The molecule has 0 aliphatic carbocycles. The zero-order valence-electron chi connectivity index (χ0n) is 24.3. The van der Waals surface area contributed by atoms with E-state index in [0.717, 1.165) is 18.7 Å². The largest absolute Gasteiger partial charge is 0.463 e. The van der Waals surface area contributed by atoms with Gasteiger partial charge in [0.15, 0.2) is 0 Å². The summed E-state index contributed by atoms with van der Waals surface area (Å²) in [7, 11) is 0. The van der Waals surface area contributed by atoms with Crippen molar-refractivity contribution in [2.75, 3.05) is 37.7 Å². The van der Waals surface area contributed by atoms with Gasteiger partial charge in [-0.25, -0.2) is 9.18 Å². The number of hydrogen-bond acceptors (Lipinski definition) is 5. The predicted molar refractivity (Wildman–Crippen MR) is 159 cm³/mol. The first-order chi connectivity index (χ1) is 20.3. The van der Waals surface area contributed by atoms with Crippen molar-refractivity contribution in [2.45, 2.75) is 39.7 Å². The van der Waals surface area contributed by atoms with E-state index in [0.29, 0.717) is 35.5 Å². The van der Waals surface area contributed by atoms with E-state index in [9.17, 15) is 18.8 Å². The van der Waals surface area contributed by atoms with Crippen LogP contribution < -0.4 is 4.90 Å². The van der Waals surface area contributed by atoms with E-state index in [1.165, 1.54) is 23.4 Å². The van der Waals surface area contributed by atoms with E-state index >= 15 is 0 Å². The van der Waals surface area contributed by atoms with Crippen molar-refractivity contribution in [3.8, 4) is 0 Å². The lowest BCUT2D eigenvalue weighted by molar-refractivity contribution is -0.140. The summed E-state index contributed by atoms with van der Waals surface area (Å²) in [6.45, 7) is 8.74. The molecule has 0 bridgehead atoms. The Kier molecular flexibility index (Phi) is 8.71. The molecule has 1 saturated heterocycles. The average molecular weight is 570 g/mol.